The fourth-order valence-corrected chi connectivity index (χ4v) is 4.05. The summed E-state index contributed by atoms with van der Waals surface area (Å²) in [5.41, 5.74) is 0.127. The van der Waals surface area contributed by atoms with Gasteiger partial charge in [-0.25, -0.2) is 0 Å². The molecule has 0 amide bonds. The van der Waals surface area contributed by atoms with E-state index in [9.17, 15) is 15.0 Å². The Morgan fingerprint density at radius 1 is 1.36 bits per heavy atom. The number of Topliss-reactive ketones (excluding diaryl/α,β-unsaturated/α-hetero) is 1. The van der Waals surface area contributed by atoms with Gasteiger partial charge in [0, 0.05) is 18.8 Å². The second kappa shape index (κ2) is 6.99. The average molecular weight is 306 g/mol. The Hall–Kier alpha value is -1.09. The second-order valence-corrected chi connectivity index (χ2v) is 7.80. The van der Waals surface area contributed by atoms with Crippen LogP contribution in [-0.2, 0) is 4.79 Å². The van der Waals surface area contributed by atoms with Crippen LogP contribution in [0.5, 0.6) is 0 Å². The summed E-state index contributed by atoms with van der Waals surface area (Å²) >= 11 is 0. The second-order valence-electron chi connectivity index (χ2n) is 7.80. The highest BCUT2D eigenvalue weighted by atomic mass is 16.3. The SMILES string of the molecule is CC=CCCC(C)(C)CC=C(O)[C@@H]1[C@@H]2CC(=O)C[C@@H]2C[C@@H]1O. The minimum absolute atomic E-state index is 0.127. The zero-order valence-electron chi connectivity index (χ0n) is 14.1. The first-order valence-electron chi connectivity index (χ1n) is 8.54. The average Bonchev–Trinajstić information content (AvgIpc) is 2.91. The molecule has 2 saturated carbocycles. The maximum atomic E-state index is 11.6. The lowest BCUT2D eigenvalue weighted by molar-refractivity contribution is -0.118. The van der Waals surface area contributed by atoms with Crippen molar-refractivity contribution in [2.45, 2.75) is 65.4 Å². The quantitative estimate of drug-likeness (QED) is 0.572. The Kier molecular flexibility index (Phi) is 5.49. The Morgan fingerprint density at radius 2 is 2.09 bits per heavy atom. The van der Waals surface area contributed by atoms with Crippen molar-refractivity contribution < 1.29 is 15.0 Å². The highest BCUT2D eigenvalue weighted by Crippen LogP contribution is 2.48. The van der Waals surface area contributed by atoms with Gasteiger partial charge in [-0.2, -0.15) is 0 Å². The van der Waals surface area contributed by atoms with Gasteiger partial charge in [0.2, 0.25) is 0 Å². The molecule has 0 unspecified atom stereocenters. The zero-order valence-corrected chi connectivity index (χ0v) is 14.1. The number of allylic oxidation sites excluding steroid dienone is 3. The van der Waals surface area contributed by atoms with Crippen LogP contribution in [0.1, 0.15) is 59.3 Å². The molecule has 2 N–H and O–H groups in total. The van der Waals surface area contributed by atoms with E-state index in [1.165, 1.54) is 0 Å². The molecule has 2 rings (SSSR count). The van der Waals surface area contributed by atoms with Gasteiger partial charge in [-0.15, -0.1) is 0 Å². The summed E-state index contributed by atoms with van der Waals surface area (Å²) in [6.07, 6.45) is 10.3. The Bertz CT molecular complexity index is 461. The van der Waals surface area contributed by atoms with Gasteiger partial charge < -0.3 is 10.2 Å². The molecule has 0 spiro atoms. The smallest absolute Gasteiger partial charge is 0.133 e. The number of carbonyl (C=O) groups is 1. The first-order chi connectivity index (χ1) is 10.3. The Labute approximate surface area is 134 Å². The van der Waals surface area contributed by atoms with Crippen molar-refractivity contribution in [2.24, 2.45) is 23.2 Å². The molecule has 2 fully saturated rings. The fourth-order valence-electron chi connectivity index (χ4n) is 4.05. The van der Waals surface area contributed by atoms with E-state index in [1.54, 1.807) is 0 Å². The summed E-state index contributed by atoms with van der Waals surface area (Å²) in [5, 5.41) is 20.7. The number of ketones is 1. The van der Waals surface area contributed by atoms with Gasteiger partial charge in [-0.1, -0.05) is 26.0 Å². The standard InChI is InChI=1S/C19H30O3/c1-4-5-6-8-19(2,3)9-7-16(21)18-15-12-14(20)10-13(15)11-17(18)22/h4-5,7,13,15,17-18,21-22H,6,8-12H2,1-3H3/t13-,15-,17+,18+/m1/s1. The van der Waals surface area contributed by atoms with Gasteiger partial charge in [0.05, 0.1) is 11.9 Å². The molecule has 3 heteroatoms. The highest BCUT2D eigenvalue weighted by molar-refractivity contribution is 5.81. The monoisotopic (exact) mass is 306 g/mol. The number of carbonyl (C=O) groups excluding carboxylic acids is 1. The fraction of sp³-hybridized carbons (Fsp3) is 0.737. The minimum Gasteiger partial charge on any atom is -0.512 e. The van der Waals surface area contributed by atoms with Crippen LogP contribution in [-0.4, -0.2) is 22.1 Å². The molecule has 0 saturated heterocycles. The highest BCUT2D eigenvalue weighted by Gasteiger charge is 2.49. The molecule has 0 radical (unpaired) electrons. The van der Waals surface area contributed by atoms with Gasteiger partial charge in [-0.3, -0.25) is 4.79 Å². The number of aliphatic hydroxyl groups is 2. The van der Waals surface area contributed by atoms with Gasteiger partial charge in [0.1, 0.15) is 5.78 Å². The van der Waals surface area contributed by atoms with Crippen molar-refractivity contribution in [3.8, 4) is 0 Å². The summed E-state index contributed by atoms with van der Waals surface area (Å²) in [5.74, 6) is 0.763. The molecular weight excluding hydrogens is 276 g/mol. The van der Waals surface area contributed by atoms with Crippen molar-refractivity contribution in [2.75, 3.05) is 0 Å². The van der Waals surface area contributed by atoms with Gasteiger partial charge in [0.25, 0.3) is 0 Å². The molecule has 0 aromatic rings. The molecule has 0 aliphatic heterocycles. The predicted molar refractivity (Wildman–Crippen MR) is 88.5 cm³/mol. The third-order valence-corrected chi connectivity index (χ3v) is 5.41. The van der Waals surface area contributed by atoms with Crippen molar-refractivity contribution in [3.05, 3.63) is 24.0 Å². The Balaban J connectivity index is 1.97. The van der Waals surface area contributed by atoms with Crippen LogP contribution in [0.2, 0.25) is 0 Å². The molecule has 0 aromatic heterocycles. The molecule has 0 aromatic carbocycles. The van der Waals surface area contributed by atoms with Crippen LogP contribution in [0.4, 0.5) is 0 Å². The maximum Gasteiger partial charge on any atom is 0.133 e. The predicted octanol–water partition coefficient (Wildman–Crippen LogP) is 4.18. The number of hydrogen-bond donors (Lipinski definition) is 2. The summed E-state index contributed by atoms with van der Waals surface area (Å²) < 4.78 is 0. The van der Waals surface area contributed by atoms with Crippen molar-refractivity contribution >= 4 is 5.78 Å². The lowest BCUT2D eigenvalue weighted by atomic mass is 9.82. The minimum atomic E-state index is -0.495. The van der Waals surface area contributed by atoms with E-state index in [2.05, 4.69) is 26.0 Å². The van der Waals surface area contributed by atoms with Crippen LogP contribution in [0.15, 0.2) is 24.0 Å². The topological polar surface area (TPSA) is 57.5 Å². The maximum absolute atomic E-state index is 11.6. The number of hydrogen-bond acceptors (Lipinski definition) is 3. The molecular formula is C19H30O3. The van der Waals surface area contributed by atoms with Gasteiger partial charge >= 0.3 is 0 Å². The molecule has 0 bridgehead atoms. The zero-order chi connectivity index (χ0) is 16.3. The van der Waals surface area contributed by atoms with Crippen LogP contribution >= 0.6 is 0 Å². The summed E-state index contributed by atoms with van der Waals surface area (Å²) in [6.45, 7) is 6.43. The Morgan fingerprint density at radius 3 is 2.77 bits per heavy atom. The van der Waals surface area contributed by atoms with Crippen LogP contribution in [0.3, 0.4) is 0 Å². The molecule has 22 heavy (non-hydrogen) atoms. The van der Waals surface area contributed by atoms with E-state index >= 15 is 0 Å². The summed E-state index contributed by atoms with van der Waals surface area (Å²) in [4.78, 5) is 11.6. The third kappa shape index (κ3) is 4.01. The number of aliphatic hydroxyl groups excluding tert-OH is 2. The van der Waals surface area contributed by atoms with E-state index < -0.39 is 6.10 Å². The third-order valence-electron chi connectivity index (χ3n) is 5.41. The summed E-state index contributed by atoms with van der Waals surface area (Å²) in [7, 11) is 0. The van der Waals surface area contributed by atoms with Gasteiger partial charge in [-0.05, 0) is 55.9 Å². The van der Waals surface area contributed by atoms with E-state index in [1.807, 2.05) is 13.0 Å². The van der Waals surface area contributed by atoms with E-state index in [4.69, 9.17) is 0 Å². The molecule has 3 nitrogen and oxygen atoms in total. The molecule has 2 aliphatic carbocycles. The van der Waals surface area contributed by atoms with E-state index in [-0.39, 0.29) is 29.0 Å². The van der Waals surface area contributed by atoms with Crippen molar-refractivity contribution in [3.63, 3.8) is 0 Å². The van der Waals surface area contributed by atoms with Crippen molar-refractivity contribution in [1.29, 1.82) is 0 Å². The molecule has 4 atom stereocenters. The lowest BCUT2D eigenvalue weighted by Gasteiger charge is -2.24. The largest absolute Gasteiger partial charge is 0.512 e. The lowest BCUT2D eigenvalue weighted by Crippen LogP contribution is -2.22. The molecule has 2 aliphatic rings. The van der Waals surface area contributed by atoms with Crippen LogP contribution in [0, 0.1) is 23.2 Å². The van der Waals surface area contributed by atoms with Crippen LogP contribution in [0.25, 0.3) is 0 Å². The van der Waals surface area contributed by atoms with Gasteiger partial charge in [0.15, 0.2) is 0 Å². The first-order valence-corrected chi connectivity index (χ1v) is 8.54. The normalized spacial score (nSPS) is 32.9. The summed E-state index contributed by atoms with van der Waals surface area (Å²) in [6, 6.07) is 0. The number of fused-ring (bicyclic) bond motifs is 1. The number of rotatable bonds is 6. The molecule has 0 heterocycles. The van der Waals surface area contributed by atoms with E-state index in [0.717, 1.165) is 19.3 Å². The molecule has 124 valence electrons. The van der Waals surface area contributed by atoms with E-state index in [0.29, 0.717) is 25.0 Å². The van der Waals surface area contributed by atoms with Crippen molar-refractivity contribution in [1.82, 2.24) is 0 Å². The van der Waals surface area contributed by atoms with Crippen LogP contribution < -0.4 is 0 Å². The first kappa shape index (κ1) is 17.3.